The summed E-state index contributed by atoms with van der Waals surface area (Å²) >= 11 is 1.51. The van der Waals surface area contributed by atoms with Gasteiger partial charge in [0.1, 0.15) is 10.8 Å². The monoisotopic (exact) mass is 478 g/mol. The van der Waals surface area contributed by atoms with E-state index in [1.54, 1.807) is 11.0 Å². The van der Waals surface area contributed by atoms with E-state index in [1.165, 1.54) is 11.8 Å². The predicted octanol–water partition coefficient (Wildman–Crippen LogP) is 4.75. The van der Waals surface area contributed by atoms with Gasteiger partial charge < -0.3 is 14.2 Å². The minimum Gasteiger partial charge on any atom is -0.455 e. The van der Waals surface area contributed by atoms with E-state index in [1.807, 2.05) is 81.1 Å². The van der Waals surface area contributed by atoms with Crippen LogP contribution in [0.5, 0.6) is 0 Å². The first-order valence-electron chi connectivity index (χ1n) is 11.4. The van der Waals surface area contributed by atoms with Crippen molar-refractivity contribution in [3.05, 3.63) is 66.1 Å². The van der Waals surface area contributed by atoms with Crippen molar-refractivity contribution in [3.8, 4) is 11.3 Å². The highest BCUT2D eigenvalue weighted by Gasteiger charge is 2.35. The molecule has 2 amide bonds. The SMILES string of the molecule is C[C@H]1CN(C(=O)c2ccc(CSc3ccc(-c4ccccc4)nn3)o2)CCN1C(=O)C(C)(C)C. The van der Waals surface area contributed by atoms with Gasteiger partial charge in [-0.05, 0) is 31.2 Å². The minimum atomic E-state index is -0.430. The molecular weight excluding hydrogens is 448 g/mol. The maximum absolute atomic E-state index is 13.0. The molecule has 178 valence electrons. The third kappa shape index (κ3) is 5.50. The Labute approximate surface area is 204 Å². The van der Waals surface area contributed by atoms with Gasteiger partial charge in [0.2, 0.25) is 5.91 Å². The molecular formula is C26H30N4O3S. The Balaban J connectivity index is 1.32. The molecule has 0 aliphatic carbocycles. The molecule has 1 saturated heterocycles. The first-order chi connectivity index (χ1) is 16.2. The molecule has 1 fully saturated rings. The van der Waals surface area contributed by atoms with Gasteiger partial charge >= 0.3 is 0 Å². The lowest BCUT2D eigenvalue weighted by Gasteiger charge is -2.42. The van der Waals surface area contributed by atoms with Crippen molar-refractivity contribution >= 4 is 23.6 Å². The fraction of sp³-hybridized carbons (Fsp3) is 0.385. The van der Waals surface area contributed by atoms with Gasteiger partial charge in [0, 0.05) is 36.7 Å². The highest BCUT2D eigenvalue weighted by molar-refractivity contribution is 7.98. The zero-order valence-electron chi connectivity index (χ0n) is 20.0. The Morgan fingerprint density at radius 3 is 2.44 bits per heavy atom. The van der Waals surface area contributed by atoms with Crippen LogP contribution in [0.25, 0.3) is 11.3 Å². The Bertz CT molecular complexity index is 1140. The zero-order valence-corrected chi connectivity index (χ0v) is 20.8. The third-order valence-electron chi connectivity index (χ3n) is 5.76. The van der Waals surface area contributed by atoms with Crippen molar-refractivity contribution in [1.82, 2.24) is 20.0 Å². The third-order valence-corrected chi connectivity index (χ3v) is 6.70. The van der Waals surface area contributed by atoms with Crippen molar-refractivity contribution in [2.45, 2.75) is 44.5 Å². The van der Waals surface area contributed by atoms with Gasteiger partial charge in [-0.1, -0.05) is 62.9 Å². The number of aromatic nitrogens is 2. The molecule has 1 aromatic carbocycles. The molecule has 2 aromatic heterocycles. The fourth-order valence-corrected chi connectivity index (χ4v) is 4.61. The number of hydrogen-bond donors (Lipinski definition) is 0. The highest BCUT2D eigenvalue weighted by Crippen LogP contribution is 2.25. The first kappa shape index (κ1) is 24.0. The number of piperazine rings is 1. The molecule has 3 aromatic rings. The summed E-state index contributed by atoms with van der Waals surface area (Å²) in [5, 5.41) is 9.39. The smallest absolute Gasteiger partial charge is 0.289 e. The number of benzene rings is 1. The summed E-state index contributed by atoms with van der Waals surface area (Å²) in [6.45, 7) is 9.27. The van der Waals surface area contributed by atoms with Crippen LogP contribution in [0.4, 0.5) is 0 Å². The second kappa shape index (κ2) is 10.0. The largest absolute Gasteiger partial charge is 0.455 e. The number of furan rings is 1. The molecule has 0 unspecified atom stereocenters. The fourth-order valence-electron chi connectivity index (χ4n) is 3.91. The van der Waals surface area contributed by atoms with Crippen molar-refractivity contribution in [2.24, 2.45) is 5.41 Å². The van der Waals surface area contributed by atoms with Crippen LogP contribution in [0.3, 0.4) is 0 Å². The standard InChI is InChI=1S/C26H30N4O3S/c1-18-16-29(14-15-30(18)25(32)26(2,3)4)24(31)22-12-10-20(33-22)17-34-23-13-11-21(27-28-23)19-8-6-5-7-9-19/h5-13,18H,14-17H2,1-4H3/t18-/m0/s1. The van der Waals surface area contributed by atoms with Crippen LogP contribution in [0.2, 0.25) is 0 Å². The molecule has 1 aliphatic heterocycles. The Kier molecular flexibility index (Phi) is 7.07. The van der Waals surface area contributed by atoms with Crippen LogP contribution in [-0.2, 0) is 10.5 Å². The van der Waals surface area contributed by atoms with E-state index in [-0.39, 0.29) is 17.9 Å². The van der Waals surface area contributed by atoms with E-state index in [0.717, 1.165) is 16.3 Å². The van der Waals surface area contributed by atoms with Gasteiger partial charge in [0.25, 0.3) is 5.91 Å². The van der Waals surface area contributed by atoms with Crippen LogP contribution in [0.1, 0.15) is 44.0 Å². The maximum Gasteiger partial charge on any atom is 0.289 e. The molecule has 0 radical (unpaired) electrons. The summed E-state index contributed by atoms with van der Waals surface area (Å²) in [5.41, 5.74) is 1.42. The number of rotatable bonds is 5. The van der Waals surface area contributed by atoms with Gasteiger partial charge in [0.15, 0.2) is 5.76 Å². The zero-order chi connectivity index (χ0) is 24.3. The van der Waals surface area contributed by atoms with Crippen LogP contribution in [0.15, 0.2) is 64.0 Å². The van der Waals surface area contributed by atoms with Gasteiger partial charge in [-0.2, -0.15) is 0 Å². The number of carbonyl (C=O) groups excluding carboxylic acids is 2. The molecule has 0 bridgehead atoms. The Morgan fingerprint density at radius 1 is 1.03 bits per heavy atom. The van der Waals surface area contributed by atoms with Gasteiger partial charge in [-0.3, -0.25) is 9.59 Å². The number of hydrogen-bond acceptors (Lipinski definition) is 6. The quantitative estimate of drug-likeness (QED) is 0.493. The molecule has 8 heteroatoms. The summed E-state index contributed by atoms with van der Waals surface area (Å²) in [4.78, 5) is 29.3. The van der Waals surface area contributed by atoms with Crippen LogP contribution in [0, 0.1) is 5.41 Å². The predicted molar refractivity (Wildman–Crippen MR) is 132 cm³/mol. The van der Waals surface area contributed by atoms with Crippen molar-refractivity contribution in [3.63, 3.8) is 0 Å². The molecule has 0 spiro atoms. The van der Waals surface area contributed by atoms with Gasteiger partial charge in [0.05, 0.1) is 11.4 Å². The van der Waals surface area contributed by atoms with Crippen LogP contribution in [-0.4, -0.2) is 57.5 Å². The molecule has 0 saturated carbocycles. The highest BCUT2D eigenvalue weighted by atomic mass is 32.2. The average Bonchev–Trinajstić information content (AvgIpc) is 3.31. The van der Waals surface area contributed by atoms with Crippen LogP contribution < -0.4 is 0 Å². The minimum absolute atomic E-state index is 0.0353. The van der Waals surface area contributed by atoms with Crippen molar-refractivity contribution < 1.29 is 14.0 Å². The van der Waals surface area contributed by atoms with E-state index in [2.05, 4.69) is 10.2 Å². The van der Waals surface area contributed by atoms with Gasteiger partial charge in [-0.15, -0.1) is 10.2 Å². The van der Waals surface area contributed by atoms with E-state index < -0.39 is 5.41 Å². The van der Waals surface area contributed by atoms with Crippen LogP contribution >= 0.6 is 11.8 Å². The molecule has 0 N–H and O–H groups in total. The Morgan fingerprint density at radius 2 is 1.79 bits per heavy atom. The lowest BCUT2D eigenvalue weighted by atomic mass is 9.93. The molecule has 4 rings (SSSR count). The first-order valence-corrected chi connectivity index (χ1v) is 12.4. The second-order valence-electron chi connectivity index (χ2n) is 9.53. The normalized spacial score (nSPS) is 16.5. The van der Waals surface area contributed by atoms with E-state index >= 15 is 0 Å². The molecule has 7 nitrogen and oxygen atoms in total. The number of carbonyl (C=O) groups is 2. The average molecular weight is 479 g/mol. The number of thioether (sulfide) groups is 1. The summed E-state index contributed by atoms with van der Waals surface area (Å²) in [6.07, 6.45) is 0. The molecule has 1 aliphatic rings. The summed E-state index contributed by atoms with van der Waals surface area (Å²) in [6, 6.07) is 17.3. The lowest BCUT2D eigenvalue weighted by Crippen LogP contribution is -2.57. The van der Waals surface area contributed by atoms with E-state index in [4.69, 9.17) is 4.42 Å². The molecule has 34 heavy (non-hydrogen) atoms. The van der Waals surface area contributed by atoms with E-state index in [0.29, 0.717) is 36.9 Å². The summed E-state index contributed by atoms with van der Waals surface area (Å²) in [7, 11) is 0. The van der Waals surface area contributed by atoms with Gasteiger partial charge in [-0.25, -0.2) is 0 Å². The number of nitrogens with zero attached hydrogens (tertiary/aromatic N) is 4. The van der Waals surface area contributed by atoms with Crippen molar-refractivity contribution in [2.75, 3.05) is 19.6 Å². The summed E-state index contributed by atoms with van der Waals surface area (Å²) in [5.74, 6) is 1.56. The van der Waals surface area contributed by atoms with E-state index in [9.17, 15) is 9.59 Å². The topological polar surface area (TPSA) is 79.5 Å². The second-order valence-corrected chi connectivity index (χ2v) is 10.5. The van der Waals surface area contributed by atoms with Crippen molar-refractivity contribution in [1.29, 1.82) is 0 Å². The maximum atomic E-state index is 13.0. The molecule has 1 atom stereocenters. The summed E-state index contributed by atoms with van der Waals surface area (Å²) < 4.78 is 5.84. The number of amides is 2. The lowest BCUT2D eigenvalue weighted by molar-refractivity contribution is -0.143. The Hall–Kier alpha value is -3.13. The molecule has 3 heterocycles.